The Labute approximate surface area is 121 Å². The Morgan fingerprint density at radius 2 is 2.11 bits per heavy atom. The van der Waals surface area contributed by atoms with E-state index in [2.05, 4.69) is 28.2 Å². The number of Topliss-reactive ketones (excluding diaryl/α,β-unsaturated/α-hetero) is 1. The lowest BCUT2D eigenvalue weighted by atomic mass is 9.89. The van der Waals surface area contributed by atoms with Crippen molar-refractivity contribution in [3.8, 4) is 0 Å². The second-order valence-electron chi connectivity index (χ2n) is 6.02. The summed E-state index contributed by atoms with van der Waals surface area (Å²) in [5, 5.41) is 3.44. The van der Waals surface area contributed by atoms with Gasteiger partial charge in [-0.05, 0) is 40.4 Å². The Kier molecular flexibility index (Phi) is 4.00. The van der Waals surface area contributed by atoms with Crippen molar-refractivity contribution in [1.29, 1.82) is 0 Å². The molecule has 0 amide bonds. The third-order valence-electron chi connectivity index (χ3n) is 3.32. The van der Waals surface area contributed by atoms with Gasteiger partial charge in [-0.15, -0.1) is 11.3 Å². The van der Waals surface area contributed by atoms with E-state index in [1.165, 1.54) is 10.4 Å². The fraction of sp³-hybridized carbons (Fsp3) is 0.643. The Balaban J connectivity index is 2.47. The van der Waals surface area contributed by atoms with Gasteiger partial charge in [0.1, 0.15) is 0 Å². The first-order chi connectivity index (χ1) is 8.32. The summed E-state index contributed by atoms with van der Waals surface area (Å²) in [5.41, 5.74) is 1.03. The lowest BCUT2D eigenvalue weighted by molar-refractivity contribution is 0.0862. The fourth-order valence-electron chi connectivity index (χ4n) is 2.25. The van der Waals surface area contributed by atoms with Gasteiger partial charge in [-0.3, -0.25) is 4.79 Å². The van der Waals surface area contributed by atoms with Gasteiger partial charge < -0.3 is 5.32 Å². The number of rotatable bonds is 1. The summed E-state index contributed by atoms with van der Waals surface area (Å²) in [7, 11) is 0. The molecule has 1 aromatic heterocycles. The maximum atomic E-state index is 12.5. The maximum Gasteiger partial charge on any atom is 0.179 e. The van der Waals surface area contributed by atoms with Gasteiger partial charge in [0.25, 0.3) is 0 Å². The molecule has 18 heavy (non-hydrogen) atoms. The summed E-state index contributed by atoms with van der Waals surface area (Å²) >= 11 is 5.34. The van der Waals surface area contributed by atoms with E-state index >= 15 is 0 Å². The standard InChI is InChI=1S/C14H20BrNOS/c1-8-7-16-6-5-9-10(8)11(15)12(18-9)13(17)14(2,3)4/h8,16H,5-7H2,1-4H3. The molecule has 0 bridgehead atoms. The zero-order valence-electron chi connectivity index (χ0n) is 11.4. The molecule has 2 rings (SSSR count). The van der Waals surface area contributed by atoms with Crippen LogP contribution < -0.4 is 5.32 Å². The highest BCUT2D eigenvalue weighted by atomic mass is 79.9. The van der Waals surface area contributed by atoms with E-state index in [0.29, 0.717) is 5.92 Å². The average Bonchev–Trinajstić information content (AvgIpc) is 2.47. The molecule has 1 aromatic rings. The van der Waals surface area contributed by atoms with Crippen LogP contribution in [0.2, 0.25) is 0 Å². The van der Waals surface area contributed by atoms with Gasteiger partial charge in [0.05, 0.1) is 4.88 Å². The van der Waals surface area contributed by atoms with E-state index in [4.69, 9.17) is 0 Å². The number of carbonyl (C=O) groups is 1. The minimum absolute atomic E-state index is 0.243. The zero-order valence-corrected chi connectivity index (χ0v) is 13.8. The molecule has 1 aliphatic heterocycles. The second-order valence-corrected chi connectivity index (χ2v) is 7.91. The lowest BCUT2D eigenvalue weighted by Crippen LogP contribution is -2.20. The molecule has 0 aromatic carbocycles. The van der Waals surface area contributed by atoms with Crippen LogP contribution in [-0.4, -0.2) is 18.9 Å². The summed E-state index contributed by atoms with van der Waals surface area (Å²) in [6.45, 7) is 10.2. The summed E-state index contributed by atoms with van der Waals surface area (Å²) < 4.78 is 1.04. The number of halogens is 1. The largest absolute Gasteiger partial charge is 0.316 e. The quantitative estimate of drug-likeness (QED) is 0.789. The summed E-state index contributed by atoms with van der Waals surface area (Å²) in [4.78, 5) is 14.7. The molecular formula is C14H20BrNOS. The normalized spacial score (nSPS) is 20.4. The van der Waals surface area contributed by atoms with E-state index in [9.17, 15) is 4.79 Å². The molecule has 1 unspecified atom stereocenters. The molecule has 0 radical (unpaired) electrons. The van der Waals surface area contributed by atoms with E-state index in [1.807, 2.05) is 20.8 Å². The third-order valence-corrected chi connectivity index (χ3v) is 5.67. The lowest BCUT2D eigenvalue weighted by Gasteiger charge is -2.16. The van der Waals surface area contributed by atoms with Gasteiger partial charge >= 0.3 is 0 Å². The first-order valence-corrected chi connectivity index (χ1v) is 8.00. The minimum Gasteiger partial charge on any atom is -0.316 e. The zero-order chi connectivity index (χ0) is 13.5. The van der Waals surface area contributed by atoms with Crippen LogP contribution in [0.3, 0.4) is 0 Å². The number of nitrogens with one attached hydrogen (secondary N) is 1. The highest BCUT2D eigenvalue weighted by Crippen LogP contribution is 2.41. The van der Waals surface area contributed by atoms with Gasteiger partial charge in [0.2, 0.25) is 0 Å². The molecule has 0 aliphatic carbocycles. The Hall–Kier alpha value is -0.190. The maximum absolute atomic E-state index is 12.5. The third kappa shape index (κ3) is 2.56. The Bertz CT molecular complexity index is 473. The van der Waals surface area contributed by atoms with Crippen LogP contribution >= 0.6 is 27.3 Å². The van der Waals surface area contributed by atoms with Crippen LogP contribution in [0, 0.1) is 5.41 Å². The second kappa shape index (κ2) is 5.06. The molecule has 0 saturated carbocycles. The SMILES string of the molecule is CC1CNCCc2sc(C(=O)C(C)(C)C)c(Br)c21. The molecule has 1 aliphatic rings. The molecule has 0 spiro atoms. The first-order valence-electron chi connectivity index (χ1n) is 6.39. The molecule has 4 heteroatoms. The van der Waals surface area contributed by atoms with E-state index in [-0.39, 0.29) is 11.2 Å². The summed E-state index contributed by atoms with van der Waals surface area (Å²) in [5.74, 6) is 0.710. The number of fused-ring (bicyclic) bond motifs is 1. The molecular weight excluding hydrogens is 310 g/mol. The number of hydrogen-bond donors (Lipinski definition) is 1. The summed E-state index contributed by atoms with van der Waals surface area (Å²) in [6, 6.07) is 0. The van der Waals surface area contributed by atoms with Crippen molar-refractivity contribution in [2.75, 3.05) is 13.1 Å². The van der Waals surface area contributed by atoms with Crippen molar-refractivity contribution >= 4 is 33.0 Å². The summed E-state index contributed by atoms with van der Waals surface area (Å²) in [6.07, 6.45) is 1.03. The van der Waals surface area contributed by atoms with E-state index < -0.39 is 0 Å². The molecule has 0 fully saturated rings. The van der Waals surface area contributed by atoms with Gasteiger partial charge in [0.15, 0.2) is 5.78 Å². The highest BCUT2D eigenvalue weighted by molar-refractivity contribution is 9.10. The van der Waals surface area contributed by atoms with Gasteiger partial charge in [-0.2, -0.15) is 0 Å². The Morgan fingerprint density at radius 1 is 1.44 bits per heavy atom. The molecule has 2 nitrogen and oxygen atoms in total. The minimum atomic E-state index is -0.312. The monoisotopic (exact) mass is 329 g/mol. The molecule has 100 valence electrons. The van der Waals surface area contributed by atoms with Gasteiger partial charge in [0, 0.05) is 21.3 Å². The van der Waals surface area contributed by atoms with Crippen LogP contribution in [0.4, 0.5) is 0 Å². The van der Waals surface area contributed by atoms with Crippen LogP contribution in [0.25, 0.3) is 0 Å². The van der Waals surface area contributed by atoms with E-state index in [1.54, 1.807) is 11.3 Å². The van der Waals surface area contributed by atoms with Crippen LogP contribution in [0.5, 0.6) is 0 Å². The van der Waals surface area contributed by atoms with Crippen LogP contribution in [0.1, 0.15) is 53.7 Å². The predicted octanol–water partition coefficient (Wildman–Crippen LogP) is 3.99. The molecule has 2 heterocycles. The van der Waals surface area contributed by atoms with Crippen LogP contribution in [-0.2, 0) is 6.42 Å². The van der Waals surface area contributed by atoms with Gasteiger partial charge in [-0.1, -0.05) is 27.7 Å². The van der Waals surface area contributed by atoms with E-state index in [0.717, 1.165) is 28.9 Å². The van der Waals surface area contributed by atoms with Crippen molar-refractivity contribution < 1.29 is 4.79 Å². The number of ketones is 1. The first kappa shape index (κ1) is 14.2. The molecule has 0 saturated heterocycles. The van der Waals surface area contributed by atoms with Crippen molar-refractivity contribution in [2.24, 2.45) is 5.41 Å². The van der Waals surface area contributed by atoms with Crippen molar-refractivity contribution in [3.05, 3.63) is 19.8 Å². The van der Waals surface area contributed by atoms with Crippen LogP contribution in [0.15, 0.2) is 4.47 Å². The van der Waals surface area contributed by atoms with Crippen molar-refractivity contribution in [1.82, 2.24) is 5.32 Å². The van der Waals surface area contributed by atoms with Crippen molar-refractivity contribution in [3.63, 3.8) is 0 Å². The number of thiophene rings is 1. The fourth-order valence-corrected chi connectivity index (χ4v) is 4.90. The van der Waals surface area contributed by atoms with Crippen molar-refractivity contribution in [2.45, 2.75) is 40.0 Å². The van der Waals surface area contributed by atoms with Gasteiger partial charge in [-0.25, -0.2) is 0 Å². The average molecular weight is 330 g/mol. The number of carbonyl (C=O) groups excluding carboxylic acids is 1. The topological polar surface area (TPSA) is 29.1 Å². The smallest absolute Gasteiger partial charge is 0.179 e. The predicted molar refractivity (Wildman–Crippen MR) is 80.8 cm³/mol. The number of hydrogen-bond acceptors (Lipinski definition) is 3. The highest BCUT2D eigenvalue weighted by Gasteiger charge is 2.31. The molecule has 1 atom stereocenters. The Morgan fingerprint density at radius 3 is 2.72 bits per heavy atom. The molecule has 1 N–H and O–H groups in total.